The fraction of sp³-hybridized carbons (Fsp3) is 0.275. The second-order valence-electron chi connectivity index (χ2n) is 14.1. The fourth-order valence-electron chi connectivity index (χ4n) is 5.36. The minimum Gasteiger partial charge on any atom is -0.496 e. The Morgan fingerprint density at radius 1 is 0.981 bits per heavy atom. The minimum absolute atomic E-state index is 0.0106. The number of carbonyl (C=O) groups is 1. The lowest BCUT2D eigenvalue weighted by Gasteiger charge is -2.36. The van der Waals surface area contributed by atoms with E-state index < -0.39 is 20.4 Å². The lowest BCUT2D eigenvalue weighted by atomic mass is 10.0. The van der Waals surface area contributed by atoms with Gasteiger partial charge in [0.2, 0.25) is 12.0 Å². The summed E-state index contributed by atoms with van der Waals surface area (Å²) in [4.78, 5) is 32.1. The zero-order valence-electron chi connectivity index (χ0n) is 30.7. The molecule has 0 saturated carbocycles. The van der Waals surface area contributed by atoms with E-state index in [1.165, 1.54) is 29.8 Å². The van der Waals surface area contributed by atoms with Crippen LogP contribution in [0.2, 0.25) is 18.1 Å². The van der Waals surface area contributed by atoms with Crippen molar-refractivity contribution in [3.8, 4) is 39.2 Å². The van der Waals surface area contributed by atoms with Gasteiger partial charge in [0.15, 0.2) is 14.1 Å². The second-order valence-corrected chi connectivity index (χ2v) is 20.7. The van der Waals surface area contributed by atoms with Crippen LogP contribution < -0.4 is 14.2 Å². The predicted octanol–water partition coefficient (Wildman–Crippen LogP) is 9.90. The van der Waals surface area contributed by atoms with Crippen LogP contribution in [0.1, 0.15) is 37.6 Å². The van der Waals surface area contributed by atoms with Crippen LogP contribution >= 0.6 is 27.3 Å². The Kier molecular flexibility index (Phi) is 11.8. The normalized spacial score (nSPS) is 12.4. The van der Waals surface area contributed by atoms with Gasteiger partial charge in [-0.25, -0.2) is 29.1 Å². The Morgan fingerprint density at radius 3 is 2.46 bits per heavy atom. The molecule has 3 aromatic heterocycles. The Hall–Kier alpha value is -4.76. The van der Waals surface area contributed by atoms with Gasteiger partial charge >= 0.3 is 5.97 Å². The van der Waals surface area contributed by atoms with Crippen molar-refractivity contribution >= 4 is 51.8 Å². The smallest absolute Gasteiger partial charge is 0.345 e. The van der Waals surface area contributed by atoms with Gasteiger partial charge in [0.05, 0.1) is 39.7 Å². The zero-order chi connectivity index (χ0) is 38.6. The van der Waals surface area contributed by atoms with Gasteiger partial charge in [-0.1, -0.05) is 51.1 Å². The Labute approximate surface area is 326 Å². The number of carboxylic acid groups (broad SMARTS) is 1. The summed E-state index contributed by atoms with van der Waals surface area (Å²) in [6.07, 6.45) is 1.60. The number of nitrogens with zero attached hydrogens (tertiary/aromatic N) is 4. The van der Waals surface area contributed by atoms with Crippen LogP contribution in [0.25, 0.3) is 32.0 Å². The quantitative estimate of drug-likeness (QED) is 0.106. The average molecular weight is 832 g/mol. The highest BCUT2D eigenvalue weighted by Crippen LogP contribution is 2.45. The first-order chi connectivity index (χ1) is 25.7. The maximum atomic E-state index is 13.7. The van der Waals surface area contributed by atoms with Crippen LogP contribution in [-0.2, 0) is 28.9 Å². The summed E-state index contributed by atoms with van der Waals surface area (Å²) in [6.45, 7) is 11.4. The topological polar surface area (TPSA) is 126 Å². The van der Waals surface area contributed by atoms with Crippen molar-refractivity contribution in [2.24, 2.45) is 0 Å². The highest BCUT2D eigenvalue weighted by molar-refractivity contribution is 9.10. The first kappa shape index (κ1) is 38.9. The van der Waals surface area contributed by atoms with E-state index in [1.807, 2.05) is 42.5 Å². The number of rotatable bonds is 14. The maximum absolute atomic E-state index is 13.7. The zero-order valence-corrected chi connectivity index (χ0v) is 34.1. The largest absolute Gasteiger partial charge is 0.496 e. The summed E-state index contributed by atoms with van der Waals surface area (Å²) in [5.41, 5.74) is 3.62. The summed E-state index contributed by atoms with van der Waals surface area (Å²) < 4.78 is 38.9. The number of aromatic nitrogens is 4. The molecule has 1 atom stereocenters. The molecule has 14 heteroatoms. The van der Waals surface area contributed by atoms with Gasteiger partial charge in [-0.2, -0.15) is 0 Å². The summed E-state index contributed by atoms with van der Waals surface area (Å²) in [6, 6.07) is 21.0. The van der Waals surface area contributed by atoms with Crippen molar-refractivity contribution in [2.75, 3.05) is 7.11 Å². The minimum atomic E-state index is -2.09. The van der Waals surface area contributed by atoms with Gasteiger partial charge in [0.1, 0.15) is 35.1 Å². The number of methoxy groups -OCH3 is 1. The van der Waals surface area contributed by atoms with Crippen LogP contribution in [-0.4, -0.2) is 52.5 Å². The first-order valence-corrected chi connectivity index (χ1v) is 21.7. The molecule has 10 nitrogen and oxygen atoms in total. The first-order valence-electron chi connectivity index (χ1n) is 17.2. The highest BCUT2D eigenvalue weighted by Gasteiger charge is 2.37. The van der Waals surface area contributed by atoms with Crippen molar-refractivity contribution in [1.29, 1.82) is 0 Å². The molecule has 1 N–H and O–H groups in total. The molecule has 6 aromatic rings. The molecule has 0 bridgehead atoms. The van der Waals surface area contributed by atoms with E-state index >= 15 is 0 Å². The van der Waals surface area contributed by atoms with Crippen LogP contribution in [0.15, 0.2) is 89.8 Å². The van der Waals surface area contributed by atoms with E-state index in [-0.39, 0.29) is 29.8 Å². The summed E-state index contributed by atoms with van der Waals surface area (Å²) >= 11 is 5.01. The van der Waals surface area contributed by atoms with Gasteiger partial charge in [-0.15, -0.1) is 11.3 Å². The molecule has 0 saturated heterocycles. The molecule has 3 heterocycles. The number of thiophene rings is 1. The molecule has 54 heavy (non-hydrogen) atoms. The van der Waals surface area contributed by atoms with Crippen LogP contribution in [0.3, 0.4) is 0 Å². The third-order valence-electron chi connectivity index (χ3n) is 9.40. The summed E-state index contributed by atoms with van der Waals surface area (Å²) in [5, 5.41) is 11.0. The Morgan fingerprint density at radius 2 is 1.74 bits per heavy atom. The predicted molar refractivity (Wildman–Crippen MR) is 213 cm³/mol. The van der Waals surface area contributed by atoms with Gasteiger partial charge in [-0.3, -0.25) is 0 Å². The number of halogens is 2. The molecule has 0 fully saturated rings. The third kappa shape index (κ3) is 8.78. The number of hydrogen-bond acceptors (Lipinski definition) is 10. The molecule has 0 radical (unpaired) electrons. The molecule has 1 unspecified atom stereocenters. The lowest BCUT2D eigenvalue weighted by Crippen LogP contribution is -2.40. The molecule has 280 valence electrons. The number of hydrogen-bond donors (Lipinski definition) is 1. The third-order valence-corrected chi connectivity index (χ3v) is 16.1. The van der Waals surface area contributed by atoms with Crippen LogP contribution in [0, 0.1) is 5.82 Å². The van der Waals surface area contributed by atoms with Crippen molar-refractivity contribution in [1.82, 2.24) is 19.9 Å². The molecule has 0 aliphatic heterocycles. The molecular formula is C40H40BrFN4O6SSi. The molecule has 3 aromatic carbocycles. The molecule has 0 spiro atoms. The standard InChI is InChI=1S/C40H40BrFN4O6SSi/c1-40(2,3)54(5,6)51-21-24-11-16-30(50-22-28-17-18-43-36(46-28)29-9-7-8-10-31(29)49-4)26(19-24)20-32(39(47)48)52-37-33-34(41)35(53-38(33)45-23-44-37)25-12-14-27(42)15-13-25/h7-19,23,32H,20-22H2,1-6H3,(H,47,48). The average Bonchev–Trinajstić information content (AvgIpc) is 3.49. The van der Waals surface area contributed by atoms with Crippen molar-refractivity contribution < 1.29 is 32.9 Å². The summed E-state index contributed by atoms with van der Waals surface area (Å²) in [7, 11) is -0.488. The monoisotopic (exact) mass is 830 g/mol. The van der Waals surface area contributed by atoms with Crippen molar-refractivity contribution in [3.63, 3.8) is 0 Å². The van der Waals surface area contributed by atoms with Gasteiger partial charge in [-0.05, 0) is 93.2 Å². The molecule has 0 aliphatic rings. The van der Waals surface area contributed by atoms with Gasteiger partial charge in [0.25, 0.3) is 0 Å². The number of ether oxygens (including phenoxy) is 3. The maximum Gasteiger partial charge on any atom is 0.345 e. The second kappa shape index (κ2) is 16.3. The van der Waals surface area contributed by atoms with E-state index in [0.29, 0.717) is 49.9 Å². The number of carboxylic acids is 1. The lowest BCUT2D eigenvalue weighted by molar-refractivity contribution is -0.145. The van der Waals surface area contributed by atoms with Crippen molar-refractivity contribution in [3.05, 3.63) is 112 Å². The van der Waals surface area contributed by atoms with E-state index in [2.05, 4.69) is 64.7 Å². The molecular weight excluding hydrogens is 792 g/mol. The van der Waals surface area contributed by atoms with E-state index in [1.54, 1.807) is 31.5 Å². The number of aliphatic carboxylic acids is 1. The SMILES string of the molecule is COc1ccccc1-c1nccc(COc2ccc(CO[Si](C)(C)C(C)(C)C)cc2CC(Oc2ncnc3sc(-c4ccc(F)cc4)c(Br)c23)C(=O)O)n1. The highest BCUT2D eigenvalue weighted by atomic mass is 79.9. The van der Waals surface area contributed by atoms with Crippen LogP contribution in [0.4, 0.5) is 4.39 Å². The molecule has 0 amide bonds. The van der Waals surface area contributed by atoms with Crippen molar-refractivity contribution in [2.45, 2.75) is 64.6 Å². The van der Waals surface area contributed by atoms with E-state index in [0.717, 1.165) is 21.6 Å². The Balaban J connectivity index is 1.30. The molecule has 0 aliphatic carbocycles. The number of benzene rings is 3. The van der Waals surface area contributed by atoms with E-state index in [9.17, 15) is 14.3 Å². The van der Waals surface area contributed by atoms with Gasteiger partial charge in [0, 0.05) is 12.6 Å². The van der Waals surface area contributed by atoms with E-state index in [4.69, 9.17) is 23.6 Å². The molecule has 6 rings (SSSR count). The number of fused-ring (bicyclic) bond motifs is 1. The fourth-order valence-corrected chi connectivity index (χ4v) is 8.31. The van der Waals surface area contributed by atoms with Gasteiger partial charge < -0.3 is 23.7 Å². The Bertz CT molecular complexity index is 2280. The summed E-state index contributed by atoms with van der Waals surface area (Å²) in [5.74, 6) is 0.186. The number of para-hydroxylation sites is 1. The van der Waals surface area contributed by atoms with Crippen LogP contribution in [0.5, 0.6) is 17.4 Å².